The predicted octanol–water partition coefficient (Wildman–Crippen LogP) is 8.33. The Balaban J connectivity index is 1.55. The van der Waals surface area contributed by atoms with Crippen LogP contribution in [0.4, 0.5) is 34.1 Å². The van der Waals surface area contributed by atoms with Crippen LogP contribution in [0.2, 0.25) is 0 Å². The van der Waals surface area contributed by atoms with Gasteiger partial charge in [-0.2, -0.15) is 0 Å². The van der Waals surface area contributed by atoms with Crippen molar-refractivity contribution in [3.63, 3.8) is 0 Å². The molecule has 0 aromatic heterocycles. The van der Waals surface area contributed by atoms with Gasteiger partial charge in [-0.1, -0.05) is 65.7 Å². The maximum absolute atomic E-state index is 5.69. The lowest BCUT2D eigenvalue weighted by Gasteiger charge is -2.29. The van der Waals surface area contributed by atoms with Crippen molar-refractivity contribution in [3.05, 3.63) is 139 Å². The fourth-order valence-electron chi connectivity index (χ4n) is 5.03. The molecule has 41 heavy (non-hydrogen) atoms. The lowest BCUT2D eigenvalue weighted by molar-refractivity contribution is 0.140. The third kappa shape index (κ3) is 5.96. The molecule has 0 saturated carbocycles. The van der Waals surface area contributed by atoms with Crippen molar-refractivity contribution >= 4 is 48.1 Å². The standard InChI is InChI=1S/C35H36N2O3Si/c1-27-11-15-30(16-12-27)37(31-17-13-28(2)14-18-31)33-21-19-32(20-22-33)36(29-9-7-6-8-10-29)34-23-25-35(26-24-34)41(38-3,39-4)40-5/h6-26H,1-5H3. The molecule has 5 nitrogen and oxygen atoms in total. The summed E-state index contributed by atoms with van der Waals surface area (Å²) in [5.41, 5.74) is 8.92. The summed E-state index contributed by atoms with van der Waals surface area (Å²) in [4.78, 5) is 4.53. The Morgan fingerprint density at radius 1 is 0.390 bits per heavy atom. The number of hydrogen-bond acceptors (Lipinski definition) is 5. The number of rotatable bonds is 10. The van der Waals surface area contributed by atoms with Gasteiger partial charge in [-0.25, -0.2) is 0 Å². The first kappa shape index (κ1) is 28.3. The van der Waals surface area contributed by atoms with E-state index >= 15 is 0 Å². The zero-order valence-corrected chi connectivity index (χ0v) is 25.2. The van der Waals surface area contributed by atoms with Crippen LogP contribution in [0.1, 0.15) is 11.1 Å². The summed E-state index contributed by atoms with van der Waals surface area (Å²) in [6, 6.07) is 44.6. The number of nitrogens with zero attached hydrogens (tertiary/aromatic N) is 2. The van der Waals surface area contributed by atoms with Crippen LogP contribution < -0.4 is 15.0 Å². The van der Waals surface area contributed by atoms with Crippen LogP contribution in [-0.4, -0.2) is 30.1 Å². The molecule has 0 N–H and O–H groups in total. The van der Waals surface area contributed by atoms with E-state index in [9.17, 15) is 0 Å². The number of benzene rings is 5. The van der Waals surface area contributed by atoms with Gasteiger partial charge in [-0.05, 0) is 86.6 Å². The van der Waals surface area contributed by atoms with Crippen molar-refractivity contribution in [2.45, 2.75) is 13.8 Å². The highest BCUT2D eigenvalue weighted by molar-refractivity contribution is 6.75. The number of aryl methyl sites for hydroxylation is 2. The van der Waals surface area contributed by atoms with Crippen LogP contribution in [0.15, 0.2) is 127 Å². The summed E-state index contributed by atoms with van der Waals surface area (Å²) in [6.07, 6.45) is 0. The minimum Gasteiger partial charge on any atom is -0.373 e. The molecule has 0 bridgehead atoms. The van der Waals surface area contributed by atoms with Gasteiger partial charge in [-0.15, -0.1) is 0 Å². The minimum absolute atomic E-state index is 0.906. The molecule has 0 amide bonds. The Kier molecular flexibility index (Phi) is 8.66. The average Bonchev–Trinajstić information content (AvgIpc) is 3.02. The predicted molar refractivity (Wildman–Crippen MR) is 172 cm³/mol. The summed E-state index contributed by atoms with van der Waals surface area (Å²) >= 11 is 0. The number of anilines is 6. The van der Waals surface area contributed by atoms with Gasteiger partial charge in [0, 0.05) is 60.6 Å². The third-order valence-corrected chi connectivity index (χ3v) is 9.90. The maximum Gasteiger partial charge on any atom is 0.536 e. The Hall–Kier alpha value is -4.20. The van der Waals surface area contributed by atoms with Crippen LogP contribution in [-0.2, 0) is 13.3 Å². The van der Waals surface area contributed by atoms with Crippen molar-refractivity contribution < 1.29 is 13.3 Å². The first-order chi connectivity index (χ1) is 20.0. The molecule has 0 aliphatic heterocycles. The molecule has 0 radical (unpaired) electrons. The summed E-state index contributed by atoms with van der Waals surface area (Å²) in [7, 11) is 1.95. The quantitative estimate of drug-likeness (QED) is 0.160. The molecule has 0 aliphatic rings. The molecule has 6 heteroatoms. The van der Waals surface area contributed by atoms with Crippen molar-refractivity contribution in [3.8, 4) is 0 Å². The zero-order valence-electron chi connectivity index (χ0n) is 24.2. The van der Waals surface area contributed by atoms with E-state index in [1.807, 2.05) is 18.2 Å². The van der Waals surface area contributed by atoms with Crippen LogP contribution >= 0.6 is 0 Å². The van der Waals surface area contributed by atoms with Crippen LogP contribution in [0, 0.1) is 13.8 Å². The minimum atomic E-state index is -2.93. The van der Waals surface area contributed by atoms with E-state index in [2.05, 4.69) is 133 Å². The van der Waals surface area contributed by atoms with E-state index < -0.39 is 8.80 Å². The summed E-state index contributed by atoms with van der Waals surface area (Å²) < 4.78 is 17.1. The maximum atomic E-state index is 5.69. The molecule has 0 spiro atoms. The lowest BCUT2D eigenvalue weighted by atomic mass is 10.1. The Morgan fingerprint density at radius 2 is 0.683 bits per heavy atom. The molecular weight excluding hydrogens is 524 g/mol. The molecule has 208 valence electrons. The highest BCUT2D eigenvalue weighted by atomic mass is 28.4. The van der Waals surface area contributed by atoms with E-state index in [1.54, 1.807) is 21.3 Å². The fraction of sp³-hybridized carbons (Fsp3) is 0.143. The van der Waals surface area contributed by atoms with Crippen molar-refractivity contribution in [1.82, 2.24) is 0 Å². The first-order valence-corrected chi connectivity index (χ1v) is 15.3. The summed E-state index contributed by atoms with van der Waals surface area (Å²) in [5, 5.41) is 0.906. The molecule has 5 aromatic rings. The molecular formula is C35H36N2O3Si. The number of hydrogen-bond donors (Lipinski definition) is 0. The van der Waals surface area contributed by atoms with Gasteiger partial charge in [0.1, 0.15) is 0 Å². The second kappa shape index (κ2) is 12.5. The van der Waals surface area contributed by atoms with Gasteiger partial charge in [0.25, 0.3) is 0 Å². The van der Waals surface area contributed by atoms with Crippen molar-refractivity contribution in [2.75, 3.05) is 31.1 Å². The second-order valence-corrected chi connectivity index (χ2v) is 12.8. The van der Waals surface area contributed by atoms with Gasteiger partial charge >= 0.3 is 8.80 Å². The molecule has 0 atom stereocenters. The third-order valence-electron chi connectivity index (χ3n) is 7.25. The Morgan fingerprint density at radius 3 is 1.02 bits per heavy atom. The topological polar surface area (TPSA) is 34.2 Å². The zero-order chi connectivity index (χ0) is 28.8. The molecule has 0 aliphatic carbocycles. The Labute approximate surface area is 244 Å². The molecule has 0 unspecified atom stereocenters. The first-order valence-electron chi connectivity index (χ1n) is 13.6. The van der Waals surface area contributed by atoms with E-state index in [-0.39, 0.29) is 0 Å². The SMILES string of the molecule is CO[Si](OC)(OC)c1ccc(N(c2ccccc2)c2ccc(N(c3ccc(C)cc3)c3ccc(C)cc3)cc2)cc1. The summed E-state index contributed by atoms with van der Waals surface area (Å²) in [6.45, 7) is 4.23. The highest BCUT2D eigenvalue weighted by Crippen LogP contribution is 2.39. The van der Waals surface area contributed by atoms with E-state index in [0.29, 0.717) is 0 Å². The monoisotopic (exact) mass is 560 g/mol. The number of para-hydroxylation sites is 1. The van der Waals surface area contributed by atoms with Crippen LogP contribution in [0.3, 0.4) is 0 Å². The van der Waals surface area contributed by atoms with E-state index in [0.717, 1.165) is 39.3 Å². The summed E-state index contributed by atoms with van der Waals surface area (Å²) in [5.74, 6) is 0. The molecule has 0 heterocycles. The Bertz CT molecular complexity index is 1480. The normalized spacial score (nSPS) is 11.3. The molecule has 5 aromatic carbocycles. The van der Waals surface area contributed by atoms with E-state index in [4.69, 9.17) is 13.3 Å². The largest absolute Gasteiger partial charge is 0.536 e. The van der Waals surface area contributed by atoms with Gasteiger partial charge in [0.05, 0.1) is 0 Å². The van der Waals surface area contributed by atoms with Crippen LogP contribution in [0.5, 0.6) is 0 Å². The lowest BCUT2D eigenvalue weighted by Crippen LogP contribution is -2.54. The molecule has 0 fully saturated rings. The van der Waals surface area contributed by atoms with Gasteiger partial charge < -0.3 is 23.1 Å². The second-order valence-electron chi connectivity index (χ2n) is 9.91. The van der Waals surface area contributed by atoms with Gasteiger partial charge in [0.15, 0.2) is 0 Å². The van der Waals surface area contributed by atoms with Gasteiger partial charge in [0.2, 0.25) is 0 Å². The van der Waals surface area contributed by atoms with Crippen molar-refractivity contribution in [2.24, 2.45) is 0 Å². The molecule has 0 saturated heterocycles. The average molecular weight is 561 g/mol. The fourth-order valence-corrected chi connectivity index (χ4v) is 6.81. The van der Waals surface area contributed by atoms with Gasteiger partial charge in [-0.3, -0.25) is 0 Å². The van der Waals surface area contributed by atoms with E-state index in [1.165, 1.54) is 11.1 Å². The smallest absolute Gasteiger partial charge is 0.373 e. The highest BCUT2D eigenvalue weighted by Gasteiger charge is 2.40. The molecule has 5 rings (SSSR count). The van der Waals surface area contributed by atoms with Crippen LogP contribution in [0.25, 0.3) is 0 Å². The van der Waals surface area contributed by atoms with Crippen molar-refractivity contribution in [1.29, 1.82) is 0 Å².